The van der Waals surface area contributed by atoms with Gasteiger partial charge in [-0.15, -0.1) is 0 Å². The minimum absolute atomic E-state index is 0.380. The first-order valence-corrected chi connectivity index (χ1v) is 6.78. The molecule has 0 amide bonds. The van der Waals surface area contributed by atoms with E-state index in [1.54, 1.807) is 0 Å². The number of benzene rings is 2. The zero-order valence-electron chi connectivity index (χ0n) is 10.4. The van der Waals surface area contributed by atoms with Crippen LogP contribution in [0.2, 0.25) is 5.02 Å². The van der Waals surface area contributed by atoms with Gasteiger partial charge in [0.25, 0.3) is 0 Å². The maximum absolute atomic E-state index is 5.93. The van der Waals surface area contributed by atoms with Crippen LogP contribution in [0.4, 0.5) is 5.69 Å². The van der Waals surface area contributed by atoms with Gasteiger partial charge in [0, 0.05) is 10.7 Å². The van der Waals surface area contributed by atoms with E-state index >= 15 is 0 Å². The molecule has 0 aliphatic carbocycles. The van der Waals surface area contributed by atoms with Gasteiger partial charge in [0.05, 0.1) is 6.04 Å². The van der Waals surface area contributed by atoms with Crippen molar-refractivity contribution < 1.29 is 0 Å². The quantitative estimate of drug-likeness (QED) is 0.828. The Morgan fingerprint density at radius 1 is 1.17 bits per heavy atom. The minimum Gasteiger partial charge on any atom is -0.377 e. The molecule has 18 heavy (non-hydrogen) atoms. The van der Waals surface area contributed by atoms with Crippen molar-refractivity contribution in [3.63, 3.8) is 0 Å². The molecule has 3 rings (SSSR count). The number of nitrogens with one attached hydrogen (secondary N) is 1. The number of hydrogen-bond donors (Lipinski definition) is 1. The predicted octanol–water partition coefficient (Wildman–Crippen LogP) is 4.61. The van der Waals surface area contributed by atoms with Gasteiger partial charge in [-0.1, -0.05) is 48.9 Å². The summed E-state index contributed by atoms with van der Waals surface area (Å²) in [5, 5.41) is 4.44. The maximum Gasteiger partial charge on any atom is 0.0555 e. The van der Waals surface area contributed by atoms with E-state index in [1.807, 2.05) is 12.1 Å². The summed E-state index contributed by atoms with van der Waals surface area (Å²) in [6.07, 6.45) is 2.13. The Morgan fingerprint density at radius 3 is 2.67 bits per heavy atom. The van der Waals surface area contributed by atoms with Gasteiger partial charge in [-0.25, -0.2) is 0 Å². The Hall–Kier alpha value is -1.47. The molecule has 0 radical (unpaired) electrons. The SMILES string of the molecule is CCc1cccc2c1NC(c1ccc(Cl)cc1)C2. The Morgan fingerprint density at radius 2 is 1.94 bits per heavy atom. The number of rotatable bonds is 2. The Labute approximate surface area is 113 Å². The maximum atomic E-state index is 5.93. The summed E-state index contributed by atoms with van der Waals surface area (Å²) >= 11 is 5.93. The normalized spacial score (nSPS) is 17.3. The molecule has 1 N–H and O–H groups in total. The van der Waals surface area contributed by atoms with Crippen molar-refractivity contribution in [1.82, 2.24) is 0 Å². The predicted molar refractivity (Wildman–Crippen MR) is 77.3 cm³/mol. The van der Waals surface area contributed by atoms with Crippen molar-refractivity contribution >= 4 is 17.3 Å². The molecule has 1 unspecified atom stereocenters. The standard InChI is InChI=1S/C16H16ClN/c1-2-11-4-3-5-13-10-15(18-16(11)13)12-6-8-14(17)9-7-12/h3-9,15,18H,2,10H2,1H3. The molecule has 0 bridgehead atoms. The molecule has 0 spiro atoms. The van der Waals surface area contributed by atoms with Crippen molar-refractivity contribution in [3.8, 4) is 0 Å². The molecule has 0 fully saturated rings. The van der Waals surface area contributed by atoms with E-state index in [1.165, 1.54) is 22.4 Å². The molecule has 1 aliphatic rings. The summed E-state index contributed by atoms with van der Waals surface area (Å²) in [6.45, 7) is 2.20. The summed E-state index contributed by atoms with van der Waals surface area (Å²) in [5.74, 6) is 0. The van der Waals surface area contributed by atoms with Gasteiger partial charge in [0.1, 0.15) is 0 Å². The zero-order valence-corrected chi connectivity index (χ0v) is 11.2. The van der Waals surface area contributed by atoms with Gasteiger partial charge in [-0.2, -0.15) is 0 Å². The van der Waals surface area contributed by atoms with E-state index < -0.39 is 0 Å². The van der Waals surface area contributed by atoms with E-state index in [9.17, 15) is 0 Å². The third-order valence-electron chi connectivity index (χ3n) is 3.63. The van der Waals surface area contributed by atoms with E-state index in [4.69, 9.17) is 11.6 Å². The second-order valence-electron chi connectivity index (χ2n) is 4.76. The first-order chi connectivity index (χ1) is 8.78. The molecule has 1 atom stereocenters. The zero-order chi connectivity index (χ0) is 12.5. The molecular formula is C16H16ClN. The number of hydrogen-bond acceptors (Lipinski definition) is 1. The highest BCUT2D eigenvalue weighted by molar-refractivity contribution is 6.30. The lowest BCUT2D eigenvalue weighted by atomic mass is 10.0. The molecule has 0 saturated heterocycles. The summed E-state index contributed by atoms with van der Waals surface area (Å²) in [5.41, 5.74) is 5.47. The monoisotopic (exact) mass is 257 g/mol. The summed E-state index contributed by atoms with van der Waals surface area (Å²) in [7, 11) is 0. The van der Waals surface area contributed by atoms with Crippen molar-refractivity contribution in [2.45, 2.75) is 25.8 Å². The number of fused-ring (bicyclic) bond motifs is 1. The van der Waals surface area contributed by atoms with E-state index in [0.717, 1.165) is 17.9 Å². The minimum atomic E-state index is 0.380. The smallest absolute Gasteiger partial charge is 0.0555 e. The van der Waals surface area contributed by atoms with E-state index in [-0.39, 0.29) is 0 Å². The van der Waals surface area contributed by atoms with Crippen molar-refractivity contribution in [2.24, 2.45) is 0 Å². The molecule has 2 heteroatoms. The fraction of sp³-hybridized carbons (Fsp3) is 0.250. The van der Waals surface area contributed by atoms with Crippen LogP contribution < -0.4 is 5.32 Å². The molecule has 1 aliphatic heterocycles. The van der Waals surface area contributed by atoms with Gasteiger partial charge in [0.15, 0.2) is 0 Å². The molecule has 92 valence electrons. The lowest BCUT2D eigenvalue weighted by molar-refractivity contribution is 0.824. The topological polar surface area (TPSA) is 12.0 Å². The van der Waals surface area contributed by atoms with Crippen molar-refractivity contribution in [3.05, 3.63) is 64.2 Å². The van der Waals surface area contributed by atoms with Gasteiger partial charge in [-0.05, 0) is 41.7 Å². The molecule has 1 heterocycles. The van der Waals surface area contributed by atoms with E-state index in [2.05, 4.69) is 42.6 Å². The number of halogens is 1. The second kappa shape index (κ2) is 4.66. The van der Waals surface area contributed by atoms with E-state index in [0.29, 0.717) is 6.04 Å². The average Bonchev–Trinajstić information content (AvgIpc) is 2.83. The molecule has 1 nitrogen and oxygen atoms in total. The van der Waals surface area contributed by atoms with Crippen molar-refractivity contribution in [1.29, 1.82) is 0 Å². The van der Waals surface area contributed by atoms with Crippen LogP contribution in [0, 0.1) is 0 Å². The van der Waals surface area contributed by atoms with Crippen LogP contribution in [-0.4, -0.2) is 0 Å². The molecule has 0 saturated carbocycles. The largest absolute Gasteiger partial charge is 0.377 e. The van der Waals surface area contributed by atoms with Gasteiger partial charge in [0.2, 0.25) is 0 Å². The Bertz CT molecular complexity index is 560. The lowest BCUT2D eigenvalue weighted by Gasteiger charge is -2.13. The fourth-order valence-corrected chi connectivity index (χ4v) is 2.77. The summed E-state index contributed by atoms with van der Waals surface area (Å²) < 4.78 is 0. The highest BCUT2D eigenvalue weighted by Gasteiger charge is 2.23. The van der Waals surface area contributed by atoms with Crippen molar-refractivity contribution in [2.75, 3.05) is 5.32 Å². The third-order valence-corrected chi connectivity index (χ3v) is 3.88. The molecule has 0 aromatic heterocycles. The van der Waals surface area contributed by atoms with Gasteiger partial charge >= 0.3 is 0 Å². The number of aryl methyl sites for hydroxylation is 1. The van der Waals surface area contributed by atoms with Crippen LogP contribution in [0.25, 0.3) is 0 Å². The van der Waals surface area contributed by atoms with Crippen LogP contribution in [0.5, 0.6) is 0 Å². The van der Waals surface area contributed by atoms with Crippen LogP contribution in [-0.2, 0) is 12.8 Å². The first-order valence-electron chi connectivity index (χ1n) is 6.40. The molecule has 2 aromatic carbocycles. The molecular weight excluding hydrogens is 242 g/mol. The van der Waals surface area contributed by atoms with Gasteiger partial charge < -0.3 is 5.32 Å². The van der Waals surface area contributed by atoms with Crippen LogP contribution >= 0.6 is 11.6 Å². The number of anilines is 1. The first kappa shape index (κ1) is 11.6. The van der Waals surface area contributed by atoms with Crippen LogP contribution in [0.3, 0.4) is 0 Å². The second-order valence-corrected chi connectivity index (χ2v) is 5.19. The van der Waals surface area contributed by atoms with Gasteiger partial charge in [-0.3, -0.25) is 0 Å². The molecule has 2 aromatic rings. The van der Waals surface area contributed by atoms with Crippen LogP contribution in [0.15, 0.2) is 42.5 Å². The fourth-order valence-electron chi connectivity index (χ4n) is 2.64. The highest BCUT2D eigenvalue weighted by Crippen LogP contribution is 2.36. The summed E-state index contributed by atoms with van der Waals surface area (Å²) in [4.78, 5) is 0. The number of para-hydroxylation sites is 1. The third kappa shape index (κ3) is 1.99. The average molecular weight is 258 g/mol. The Kier molecular flexibility index (Phi) is 3.00. The lowest BCUT2D eigenvalue weighted by Crippen LogP contribution is -2.05. The van der Waals surface area contributed by atoms with Crippen LogP contribution in [0.1, 0.15) is 29.7 Å². The highest BCUT2D eigenvalue weighted by atomic mass is 35.5. The Balaban J connectivity index is 1.91. The summed E-state index contributed by atoms with van der Waals surface area (Å²) in [6, 6.07) is 15.1.